The molecule has 4 aromatic rings. The van der Waals surface area contributed by atoms with E-state index in [2.05, 4.69) is 41.1 Å². The van der Waals surface area contributed by atoms with E-state index in [0.29, 0.717) is 107 Å². The number of carbonyl (C=O) groups is 2. The number of benzene rings is 2. The lowest BCUT2D eigenvalue weighted by Crippen LogP contribution is -2.50. The van der Waals surface area contributed by atoms with Crippen LogP contribution >= 0.6 is 39.1 Å². The molecule has 1 aliphatic carbocycles. The van der Waals surface area contributed by atoms with Crippen LogP contribution < -0.4 is 24.6 Å². The van der Waals surface area contributed by atoms with Crippen LogP contribution in [0.1, 0.15) is 78.1 Å². The van der Waals surface area contributed by atoms with Crippen LogP contribution in [-0.4, -0.2) is 112 Å². The Morgan fingerprint density at radius 3 is 1.74 bits per heavy atom. The highest BCUT2D eigenvalue weighted by atomic mass is 79.9. The number of anilines is 3. The number of aliphatic imine (C=N–C) groups is 2. The second kappa shape index (κ2) is 16.8. The Morgan fingerprint density at radius 2 is 1.24 bits per heavy atom. The van der Waals surface area contributed by atoms with Crippen molar-refractivity contribution < 1.29 is 19.1 Å². The quantitative estimate of drug-likeness (QED) is 0.179. The van der Waals surface area contributed by atoms with E-state index in [1.165, 1.54) is 19.3 Å². The van der Waals surface area contributed by atoms with Crippen LogP contribution in [0.15, 0.2) is 51.1 Å². The van der Waals surface area contributed by atoms with Crippen LogP contribution in [0, 0.1) is 0 Å². The number of methoxy groups -OCH3 is 2. The molecular formula is C40H46BrCl2N11O4. The van der Waals surface area contributed by atoms with Crippen molar-refractivity contribution in [2.45, 2.75) is 65.1 Å². The zero-order valence-corrected chi connectivity index (χ0v) is 36.1. The summed E-state index contributed by atoms with van der Waals surface area (Å²) < 4.78 is 15.0. The number of nitrogens with one attached hydrogen (secondary N) is 1. The molecule has 58 heavy (non-hydrogen) atoms. The van der Waals surface area contributed by atoms with Crippen molar-refractivity contribution in [2.24, 2.45) is 9.98 Å². The van der Waals surface area contributed by atoms with E-state index in [1.807, 2.05) is 64.3 Å². The fourth-order valence-electron chi connectivity index (χ4n) is 8.21. The van der Waals surface area contributed by atoms with E-state index in [-0.39, 0.29) is 11.8 Å². The number of ether oxygens (including phenoxy) is 2. The summed E-state index contributed by atoms with van der Waals surface area (Å²) >= 11 is 16.1. The molecular weight excluding hydrogens is 849 g/mol. The van der Waals surface area contributed by atoms with Crippen LogP contribution in [-0.2, 0) is 13.1 Å². The SMILES string of the molecule is CCN1C(=O)c2c(nc(Br)n2Cc2ccc(OC)c(Cl)c2)N2CCN=C12.CCN1C(=O)c2c(nc(NC3CCCCC3)n2Cc2ccc(OC)c(Cl)c2)N2CCN=C12. The van der Waals surface area contributed by atoms with Gasteiger partial charge in [0.2, 0.25) is 17.9 Å². The topological polar surface area (TPSA) is 138 Å². The van der Waals surface area contributed by atoms with Gasteiger partial charge in [-0.05, 0) is 78.0 Å². The molecule has 6 heterocycles. The first-order valence-electron chi connectivity index (χ1n) is 19.7. The normalized spacial score (nSPS) is 17.3. The Morgan fingerprint density at radius 1 is 0.741 bits per heavy atom. The number of aromatic nitrogens is 4. The predicted molar refractivity (Wildman–Crippen MR) is 230 cm³/mol. The van der Waals surface area contributed by atoms with Crippen LogP contribution in [0.25, 0.3) is 0 Å². The fourth-order valence-corrected chi connectivity index (χ4v) is 9.24. The Balaban J connectivity index is 0.000000165. The highest BCUT2D eigenvalue weighted by molar-refractivity contribution is 9.10. The fraction of sp³-hybridized carbons (Fsp3) is 0.450. The molecule has 2 aromatic heterocycles. The molecule has 1 saturated carbocycles. The monoisotopic (exact) mass is 893 g/mol. The van der Waals surface area contributed by atoms with Gasteiger partial charge in [-0.15, -0.1) is 0 Å². The first kappa shape index (κ1) is 40.0. The van der Waals surface area contributed by atoms with Crippen molar-refractivity contribution in [1.82, 2.24) is 28.9 Å². The van der Waals surface area contributed by atoms with Crippen LogP contribution in [0.2, 0.25) is 10.0 Å². The molecule has 18 heteroatoms. The van der Waals surface area contributed by atoms with Gasteiger partial charge in [0.1, 0.15) is 11.5 Å². The molecule has 0 unspecified atom stereocenters. The molecule has 0 radical (unpaired) electrons. The minimum atomic E-state index is -0.0859. The van der Waals surface area contributed by atoms with Gasteiger partial charge in [0.15, 0.2) is 27.8 Å². The van der Waals surface area contributed by atoms with Crippen LogP contribution in [0.4, 0.5) is 17.6 Å². The van der Waals surface area contributed by atoms with E-state index in [0.717, 1.165) is 43.0 Å². The van der Waals surface area contributed by atoms with E-state index >= 15 is 0 Å². The second-order valence-corrected chi connectivity index (χ2v) is 16.0. The van der Waals surface area contributed by atoms with Crippen molar-refractivity contribution in [2.75, 3.05) is 68.6 Å². The zero-order chi connectivity index (χ0) is 40.7. The summed E-state index contributed by atoms with van der Waals surface area (Å²) in [7, 11) is 3.18. The first-order chi connectivity index (χ1) is 28.1. The summed E-state index contributed by atoms with van der Waals surface area (Å²) in [5, 5.41) is 4.74. The van der Waals surface area contributed by atoms with Gasteiger partial charge in [-0.3, -0.25) is 43.7 Å². The third kappa shape index (κ3) is 7.27. The van der Waals surface area contributed by atoms with Crippen molar-refractivity contribution in [1.29, 1.82) is 0 Å². The number of carbonyl (C=O) groups excluding carboxylic acids is 2. The molecule has 0 saturated heterocycles. The summed E-state index contributed by atoms with van der Waals surface area (Å²) in [6, 6.07) is 11.7. The Kier molecular flexibility index (Phi) is 11.6. The highest BCUT2D eigenvalue weighted by Crippen LogP contribution is 2.37. The molecule has 306 valence electrons. The number of fused-ring (bicyclic) bond motifs is 6. The summed E-state index contributed by atoms with van der Waals surface area (Å²) in [6.45, 7) is 8.81. The summed E-state index contributed by atoms with van der Waals surface area (Å²) in [5.41, 5.74) is 3.11. The van der Waals surface area contributed by atoms with E-state index < -0.39 is 0 Å². The maximum Gasteiger partial charge on any atom is 0.281 e. The first-order valence-corrected chi connectivity index (χ1v) is 21.3. The Hall–Kier alpha value is -4.80. The van der Waals surface area contributed by atoms with E-state index in [1.54, 1.807) is 24.0 Å². The number of guanidine groups is 2. The van der Waals surface area contributed by atoms with E-state index in [9.17, 15) is 9.59 Å². The van der Waals surface area contributed by atoms with Crippen molar-refractivity contribution >= 4 is 80.4 Å². The van der Waals surface area contributed by atoms with Gasteiger partial charge in [0.05, 0.1) is 50.4 Å². The zero-order valence-electron chi connectivity index (χ0n) is 33.0. The average Bonchev–Trinajstić information content (AvgIpc) is 4.03. The van der Waals surface area contributed by atoms with Gasteiger partial charge in [-0.25, -0.2) is 4.98 Å². The molecule has 2 aromatic carbocycles. The van der Waals surface area contributed by atoms with Gasteiger partial charge in [-0.2, -0.15) is 4.98 Å². The number of hydrogen-bond acceptors (Lipinski definition) is 11. The Bertz CT molecular complexity index is 2300. The van der Waals surface area contributed by atoms with Crippen LogP contribution in [0.5, 0.6) is 11.5 Å². The molecule has 0 atom stereocenters. The van der Waals surface area contributed by atoms with Gasteiger partial charge in [-0.1, -0.05) is 54.6 Å². The third-order valence-corrected chi connectivity index (χ3v) is 12.3. The standard InChI is InChI=1S/C23H29ClN6O2.C17H17BrClN5O2/c1-3-28-21(31)19-20(29-12-11-25-23(28)29)27-22(26-16-7-5-4-6-8-16)30(19)14-15-9-10-18(32-2)17(24)13-15;1-3-22-15(25)13-14(23-7-6-20-17(22)23)21-16(18)24(13)9-10-4-5-12(26-2)11(19)8-10/h9-10,13,16H,3-8,11-12,14H2,1-2H3,(H,26,27);4-5,8H,3,6-7,9H2,1-2H3. The van der Waals surface area contributed by atoms with Crippen molar-refractivity contribution in [3.05, 3.63) is 73.7 Å². The predicted octanol–water partition coefficient (Wildman–Crippen LogP) is 7.00. The van der Waals surface area contributed by atoms with Gasteiger partial charge >= 0.3 is 0 Å². The van der Waals surface area contributed by atoms with Crippen molar-refractivity contribution in [3.8, 4) is 11.5 Å². The molecule has 1 N–H and O–H groups in total. The molecule has 0 bridgehead atoms. The number of hydrogen-bond donors (Lipinski definition) is 1. The number of amides is 2. The maximum absolute atomic E-state index is 13.6. The smallest absolute Gasteiger partial charge is 0.281 e. The molecule has 9 rings (SSSR count). The lowest BCUT2D eigenvalue weighted by atomic mass is 9.96. The Labute approximate surface area is 355 Å². The lowest BCUT2D eigenvalue weighted by molar-refractivity contribution is 0.0828. The van der Waals surface area contributed by atoms with Gasteiger partial charge in [0, 0.05) is 32.2 Å². The number of halogens is 3. The summed E-state index contributed by atoms with van der Waals surface area (Å²) in [4.78, 5) is 52.7. The molecule has 2 amide bonds. The molecule has 1 fully saturated rings. The third-order valence-electron chi connectivity index (χ3n) is 11.1. The average molecular weight is 896 g/mol. The summed E-state index contributed by atoms with van der Waals surface area (Å²) in [6.07, 6.45) is 5.97. The van der Waals surface area contributed by atoms with E-state index in [4.69, 9.17) is 37.7 Å². The molecule has 0 spiro atoms. The lowest BCUT2D eigenvalue weighted by Gasteiger charge is -2.32. The molecule has 5 aliphatic rings. The molecule has 4 aliphatic heterocycles. The highest BCUT2D eigenvalue weighted by Gasteiger charge is 2.42. The van der Waals surface area contributed by atoms with Crippen LogP contribution in [0.3, 0.4) is 0 Å². The van der Waals surface area contributed by atoms with Crippen molar-refractivity contribution in [3.63, 3.8) is 0 Å². The largest absolute Gasteiger partial charge is 0.495 e. The summed E-state index contributed by atoms with van der Waals surface area (Å²) in [5.74, 6) is 4.62. The minimum absolute atomic E-state index is 0.0526. The van der Waals surface area contributed by atoms with Gasteiger partial charge in [0.25, 0.3) is 11.8 Å². The number of nitrogens with zero attached hydrogens (tertiary/aromatic N) is 10. The van der Waals surface area contributed by atoms with Gasteiger partial charge < -0.3 is 19.4 Å². The second-order valence-electron chi connectivity index (χ2n) is 14.5. The number of imidazole rings is 2. The number of rotatable bonds is 10. The molecule has 15 nitrogen and oxygen atoms in total. The maximum atomic E-state index is 13.6. The minimum Gasteiger partial charge on any atom is -0.495 e.